The first-order valence-corrected chi connectivity index (χ1v) is 12.1. The smallest absolute Gasteiger partial charge is 0.416 e. The standard InChI is InChI=1S/C26H17F3N2O4S/c1-35-25(32)17-9-14-22-23(15-17)31(36(33,34)19-12-10-18(11-13-19)26(27,28)29)24(30-22)21-8-4-6-16-5-2-3-7-20(16)21/h2-15H,1H3. The molecule has 0 unspecified atom stereocenters. The molecule has 0 spiro atoms. The number of methoxy groups -OCH3 is 1. The molecule has 0 aliphatic rings. The number of carbonyl (C=O) groups excluding carboxylic acids is 1. The molecule has 0 fully saturated rings. The van der Waals surface area contributed by atoms with Gasteiger partial charge in [-0.2, -0.15) is 13.2 Å². The summed E-state index contributed by atoms with van der Waals surface area (Å²) in [7, 11) is -3.25. The molecule has 0 aliphatic carbocycles. The molecule has 10 heteroatoms. The van der Waals surface area contributed by atoms with Crippen molar-refractivity contribution in [1.29, 1.82) is 0 Å². The number of hydrogen-bond acceptors (Lipinski definition) is 5. The molecule has 182 valence electrons. The molecular formula is C26H17F3N2O4S. The van der Waals surface area contributed by atoms with Crippen LogP contribution >= 0.6 is 0 Å². The Bertz CT molecular complexity index is 1740. The zero-order valence-corrected chi connectivity index (χ0v) is 19.5. The van der Waals surface area contributed by atoms with Gasteiger partial charge in [0.2, 0.25) is 0 Å². The van der Waals surface area contributed by atoms with Crippen LogP contribution in [0.3, 0.4) is 0 Å². The number of nitrogens with zero attached hydrogens (tertiary/aromatic N) is 2. The van der Waals surface area contributed by atoms with E-state index >= 15 is 0 Å². The third-order valence-electron chi connectivity index (χ3n) is 5.78. The molecule has 1 aromatic heterocycles. The van der Waals surface area contributed by atoms with Crippen molar-refractivity contribution in [3.8, 4) is 11.4 Å². The maximum Gasteiger partial charge on any atom is 0.416 e. The fraction of sp³-hybridized carbons (Fsp3) is 0.0769. The molecule has 0 N–H and O–H groups in total. The average molecular weight is 510 g/mol. The predicted molar refractivity (Wildman–Crippen MR) is 128 cm³/mol. The summed E-state index contributed by atoms with van der Waals surface area (Å²) in [5.74, 6) is -0.619. The summed E-state index contributed by atoms with van der Waals surface area (Å²) in [5, 5.41) is 1.57. The van der Waals surface area contributed by atoms with Gasteiger partial charge in [0.25, 0.3) is 10.0 Å². The van der Waals surface area contributed by atoms with Gasteiger partial charge in [0.1, 0.15) is 0 Å². The van der Waals surface area contributed by atoms with Gasteiger partial charge in [-0.25, -0.2) is 22.2 Å². The second kappa shape index (κ2) is 8.49. The summed E-state index contributed by atoms with van der Waals surface area (Å²) in [5.41, 5.74) is -0.0151. The zero-order chi connectivity index (χ0) is 25.7. The molecule has 0 saturated heterocycles. The van der Waals surface area contributed by atoms with E-state index in [1.807, 2.05) is 24.3 Å². The van der Waals surface area contributed by atoms with Crippen molar-refractivity contribution < 1.29 is 31.1 Å². The summed E-state index contributed by atoms with van der Waals surface area (Å²) in [4.78, 5) is 16.4. The third kappa shape index (κ3) is 3.89. The normalized spacial score (nSPS) is 12.2. The molecule has 0 bridgehead atoms. The lowest BCUT2D eigenvalue weighted by Crippen LogP contribution is -2.15. The molecule has 5 rings (SSSR count). The molecule has 6 nitrogen and oxygen atoms in total. The molecule has 36 heavy (non-hydrogen) atoms. The van der Waals surface area contributed by atoms with Crippen molar-refractivity contribution in [1.82, 2.24) is 8.96 Å². The van der Waals surface area contributed by atoms with Gasteiger partial charge in [0, 0.05) is 5.56 Å². The first kappa shape index (κ1) is 23.6. The van der Waals surface area contributed by atoms with Gasteiger partial charge >= 0.3 is 12.1 Å². The number of carbonyl (C=O) groups is 1. The van der Waals surface area contributed by atoms with E-state index in [2.05, 4.69) is 4.98 Å². The van der Waals surface area contributed by atoms with E-state index < -0.39 is 27.7 Å². The predicted octanol–water partition coefficient (Wildman–Crippen LogP) is 5.90. The summed E-state index contributed by atoms with van der Waals surface area (Å²) in [6.45, 7) is 0. The summed E-state index contributed by atoms with van der Waals surface area (Å²) < 4.78 is 72.7. The number of ether oxygens (including phenoxy) is 1. The van der Waals surface area contributed by atoms with E-state index in [0.717, 1.165) is 26.9 Å². The molecule has 5 aromatic rings. The topological polar surface area (TPSA) is 78.3 Å². The number of aromatic nitrogens is 2. The summed E-state index contributed by atoms with van der Waals surface area (Å²) >= 11 is 0. The molecule has 0 atom stereocenters. The number of halogens is 3. The van der Waals surface area contributed by atoms with Crippen molar-refractivity contribution in [2.24, 2.45) is 0 Å². The minimum Gasteiger partial charge on any atom is -0.465 e. The average Bonchev–Trinajstić information content (AvgIpc) is 3.27. The number of fused-ring (bicyclic) bond motifs is 2. The van der Waals surface area contributed by atoms with Gasteiger partial charge in [-0.15, -0.1) is 0 Å². The minimum atomic E-state index is -4.62. The van der Waals surface area contributed by atoms with E-state index in [9.17, 15) is 26.4 Å². The lowest BCUT2D eigenvalue weighted by atomic mass is 10.0. The van der Waals surface area contributed by atoms with Crippen molar-refractivity contribution in [2.75, 3.05) is 7.11 Å². The van der Waals surface area contributed by atoms with Crippen molar-refractivity contribution >= 4 is 37.8 Å². The van der Waals surface area contributed by atoms with Crippen LogP contribution in [-0.4, -0.2) is 30.5 Å². The van der Waals surface area contributed by atoms with Crippen LogP contribution in [0, 0.1) is 0 Å². The fourth-order valence-electron chi connectivity index (χ4n) is 4.05. The molecular weight excluding hydrogens is 493 g/mol. The Kier molecular flexibility index (Phi) is 5.55. The lowest BCUT2D eigenvalue weighted by Gasteiger charge is -2.13. The minimum absolute atomic E-state index is 0.0590. The number of imidazole rings is 1. The van der Waals surface area contributed by atoms with Crippen molar-refractivity contribution in [2.45, 2.75) is 11.1 Å². The maximum absolute atomic E-state index is 13.9. The highest BCUT2D eigenvalue weighted by Gasteiger charge is 2.32. The number of esters is 1. The monoisotopic (exact) mass is 510 g/mol. The van der Waals surface area contributed by atoms with Crippen molar-refractivity contribution in [3.63, 3.8) is 0 Å². The van der Waals surface area contributed by atoms with Crippen LogP contribution < -0.4 is 0 Å². The first-order valence-electron chi connectivity index (χ1n) is 10.6. The first-order chi connectivity index (χ1) is 17.1. The Morgan fingerprint density at radius 1 is 0.917 bits per heavy atom. The van der Waals surface area contributed by atoms with Crippen LogP contribution in [-0.2, 0) is 20.9 Å². The zero-order valence-electron chi connectivity index (χ0n) is 18.7. The van der Waals surface area contributed by atoms with Crippen LogP contribution in [0.2, 0.25) is 0 Å². The van der Waals surface area contributed by atoms with E-state index in [-0.39, 0.29) is 27.3 Å². The maximum atomic E-state index is 13.9. The van der Waals surface area contributed by atoms with Crippen LogP contribution in [0.4, 0.5) is 13.2 Å². The van der Waals surface area contributed by atoms with Crippen LogP contribution in [0.1, 0.15) is 15.9 Å². The van der Waals surface area contributed by atoms with Crippen molar-refractivity contribution in [3.05, 3.63) is 96.1 Å². The molecule has 4 aromatic carbocycles. The molecule has 0 aliphatic heterocycles. The van der Waals surface area contributed by atoms with Crippen LogP contribution in [0.15, 0.2) is 89.8 Å². The second-order valence-electron chi connectivity index (χ2n) is 7.95. The third-order valence-corrected chi connectivity index (χ3v) is 7.50. The van der Waals surface area contributed by atoms with Gasteiger partial charge < -0.3 is 4.74 Å². The van der Waals surface area contributed by atoms with E-state index in [1.165, 1.54) is 25.3 Å². The van der Waals surface area contributed by atoms with Gasteiger partial charge in [0.05, 0.1) is 34.2 Å². The second-order valence-corrected chi connectivity index (χ2v) is 9.74. The van der Waals surface area contributed by atoms with Gasteiger partial charge in [-0.3, -0.25) is 0 Å². The lowest BCUT2D eigenvalue weighted by molar-refractivity contribution is -0.137. The van der Waals surface area contributed by atoms with Gasteiger partial charge in [0.15, 0.2) is 5.82 Å². The number of alkyl halides is 3. The van der Waals surface area contributed by atoms with Crippen LogP contribution in [0.25, 0.3) is 33.2 Å². The van der Waals surface area contributed by atoms with E-state index in [0.29, 0.717) is 17.7 Å². The van der Waals surface area contributed by atoms with Gasteiger partial charge in [-0.1, -0.05) is 42.5 Å². The van der Waals surface area contributed by atoms with Gasteiger partial charge in [-0.05, 0) is 53.2 Å². The number of rotatable bonds is 4. The molecule has 1 heterocycles. The summed E-state index contributed by atoms with van der Waals surface area (Å²) in [6.07, 6.45) is -4.62. The fourth-order valence-corrected chi connectivity index (χ4v) is 5.52. The Balaban J connectivity index is 1.82. The van der Waals surface area contributed by atoms with E-state index in [4.69, 9.17) is 4.74 Å². The molecule has 0 saturated carbocycles. The largest absolute Gasteiger partial charge is 0.465 e. The van der Waals surface area contributed by atoms with E-state index in [1.54, 1.807) is 18.2 Å². The molecule has 0 amide bonds. The molecule has 0 radical (unpaired) electrons. The number of hydrogen-bond donors (Lipinski definition) is 0. The highest BCUT2D eigenvalue weighted by molar-refractivity contribution is 7.90. The Hall–Kier alpha value is -4.18. The quantitative estimate of drug-likeness (QED) is 0.282. The summed E-state index contributed by atoms with van der Waals surface area (Å²) in [6, 6.07) is 20.2. The highest BCUT2D eigenvalue weighted by atomic mass is 32.2. The Morgan fingerprint density at radius 3 is 2.31 bits per heavy atom. The highest BCUT2D eigenvalue weighted by Crippen LogP contribution is 2.35. The Labute approximate surface area is 203 Å². The van der Waals surface area contributed by atoms with Crippen LogP contribution in [0.5, 0.6) is 0 Å². The number of benzene rings is 4. The SMILES string of the molecule is COC(=O)c1ccc2nc(-c3cccc4ccccc34)n(S(=O)(=O)c3ccc(C(F)(F)F)cc3)c2c1. The Morgan fingerprint density at radius 2 is 1.61 bits per heavy atom.